The van der Waals surface area contributed by atoms with Crippen molar-refractivity contribution in [2.75, 3.05) is 13.2 Å². The second kappa shape index (κ2) is 7.53. The number of hydrogen-bond donors (Lipinski definition) is 2. The topological polar surface area (TPSA) is 87.1 Å². The van der Waals surface area contributed by atoms with E-state index in [2.05, 4.69) is 4.74 Å². The van der Waals surface area contributed by atoms with E-state index in [0.717, 1.165) is 26.1 Å². The van der Waals surface area contributed by atoms with Crippen LogP contribution in [0, 0.1) is 5.92 Å². The van der Waals surface area contributed by atoms with Crippen LogP contribution >= 0.6 is 0 Å². The number of ether oxygens (including phenoxy) is 1. The van der Waals surface area contributed by atoms with Crippen molar-refractivity contribution in [3.63, 3.8) is 0 Å². The second-order valence-corrected chi connectivity index (χ2v) is 4.19. The summed E-state index contributed by atoms with van der Waals surface area (Å²) in [7, 11) is 0. The van der Waals surface area contributed by atoms with Crippen molar-refractivity contribution < 1.29 is 24.5 Å². The second-order valence-electron chi connectivity index (χ2n) is 4.19. The minimum atomic E-state index is -1.04. The Labute approximate surface area is 111 Å². The molecule has 1 unspecified atom stereocenters. The molecule has 5 heteroatoms. The van der Waals surface area contributed by atoms with Gasteiger partial charge >= 0.3 is 11.9 Å². The van der Waals surface area contributed by atoms with Gasteiger partial charge in [-0.05, 0) is 18.1 Å². The van der Waals surface area contributed by atoms with Crippen molar-refractivity contribution in [1.82, 2.24) is 0 Å². The molecule has 2 N–H and O–H groups in total. The molecular weight excluding hydrogens is 248 g/mol. The van der Waals surface area contributed by atoms with Crippen LogP contribution in [-0.2, 0) is 14.3 Å². The SMILES string of the molecule is C1CO1.CCCC=C1C=C(C(=O)O)C=CC1C(=O)O. The Hall–Kier alpha value is -1.88. The van der Waals surface area contributed by atoms with Gasteiger partial charge in [-0.15, -0.1) is 0 Å². The lowest BCUT2D eigenvalue weighted by molar-refractivity contribution is -0.139. The van der Waals surface area contributed by atoms with Gasteiger partial charge in [0.25, 0.3) is 0 Å². The van der Waals surface area contributed by atoms with Gasteiger partial charge in [0, 0.05) is 0 Å². The maximum Gasteiger partial charge on any atom is 0.335 e. The van der Waals surface area contributed by atoms with Crippen molar-refractivity contribution >= 4 is 11.9 Å². The van der Waals surface area contributed by atoms with Gasteiger partial charge in [0.1, 0.15) is 0 Å². The Morgan fingerprint density at radius 2 is 2.05 bits per heavy atom. The van der Waals surface area contributed by atoms with Crippen LogP contribution in [0.4, 0.5) is 0 Å². The third-order valence-corrected chi connectivity index (χ3v) is 2.54. The molecule has 0 aromatic rings. The number of epoxide rings is 1. The minimum absolute atomic E-state index is 0.125. The first-order valence-electron chi connectivity index (χ1n) is 6.20. The van der Waals surface area contributed by atoms with Crippen LogP contribution in [0.25, 0.3) is 0 Å². The monoisotopic (exact) mass is 266 g/mol. The lowest BCUT2D eigenvalue weighted by Gasteiger charge is -2.14. The quantitative estimate of drug-likeness (QED) is 0.760. The molecule has 0 amide bonds. The van der Waals surface area contributed by atoms with Crippen LogP contribution in [0.3, 0.4) is 0 Å². The van der Waals surface area contributed by atoms with Gasteiger partial charge in [-0.25, -0.2) is 4.79 Å². The highest BCUT2D eigenvalue weighted by molar-refractivity contribution is 5.92. The number of unbranched alkanes of at least 4 members (excludes halogenated alkanes) is 1. The molecule has 2 aliphatic rings. The number of allylic oxidation sites excluding steroid dienone is 2. The molecule has 1 heterocycles. The van der Waals surface area contributed by atoms with E-state index in [-0.39, 0.29) is 5.57 Å². The number of carboxylic acid groups (broad SMARTS) is 2. The van der Waals surface area contributed by atoms with Gasteiger partial charge in [0.2, 0.25) is 0 Å². The summed E-state index contributed by atoms with van der Waals surface area (Å²) >= 11 is 0. The first kappa shape index (κ1) is 15.2. The summed E-state index contributed by atoms with van der Waals surface area (Å²) in [5.74, 6) is -2.73. The van der Waals surface area contributed by atoms with Crippen LogP contribution < -0.4 is 0 Å². The maximum absolute atomic E-state index is 10.9. The summed E-state index contributed by atoms with van der Waals surface area (Å²) in [6.45, 7) is 3.98. The maximum atomic E-state index is 10.9. The fourth-order valence-corrected chi connectivity index (χ4v) is 1.48. The summed E-state index contributed by atoms with van der Waals surface area (Å²) < 4.78 is 4.50. The van der Waals surface area contributed by atoms with Crippen molar-refractivity contribution in [3.05, 3.63) is 35.5 Å². The third kappa shape index (κ3) is 5.52. The third-order valence-electron chi connectivity index (χ3n) is 2.54. The highest BCUT2D eigenvalue weighted by Crippen LogP contribution is 2.23. The molecule has 0 bridgehead atoms. The van der Waals surface area contributed by atoms with E-state index in [0.29, 0.717) is 5.57 Å². The summed E-state index contributed by atoms with van der Waals surface area (Å²) in [6, 6.07) is 0. The molecule has 19 heavy (non-hydrogen) atoms. The van der Waals surface area contributed by atoms with E-state index in [9.17, 15) is 9.59 Å². The van der Waals surface area contributed by atoms with E-state index in [1.54, 1.807) is 6.08 Å². The molecule has 0 spiro atoms. The van der Waals surface area contributed by atoms with Crippen molar-refractivity contribution in [1.29, 1.82) is 0 Å². The standard InChI is InChI=1S/C12H14O4.C2H4O/c1-2-3-4-8-7-9(11(13)14)5-6-10(8)12(15)16;1-2-3-1/h4-7,10H,2-3H2,1H3,(H,13,14)(H,15,16);1-2H2. The Morgan fingerprint density at radius 3 is 2.47 bits per heavy atom. The van der Waals surface area contributed by atoms with Gasteiger partial charge in [-0.3, -0.25) is 4.79 Å². The number of aliphatic carboxylic acids is 2. The van der Waals surface area contributed by atoms with E-state index in [1.807, 2.05) is 6.92 Å². The molecule has 0 aromatic carbocycles. The first-order valence-corrected chi connectivity index (χ1v) is 6.20. The van der Waals surface area contributed by atoms with E-state index in [4.69, 9.17) is 10.2 Å². The predicted octanol–water partition coefficient (Wildman–Crippen LogP) is 2.01. The number of carboxylic acids is 2. The van der Waals surface area contributed by atoms with E-state index < -0.39 is 17.9 Å². The fourth-order valence-electron chi connectivity index (χ4n) is 1.48. The Bertz CT molecular complexity index is 426. The predicted molar refractivity (Wildman–Crippen MR) is 69.8 cm³/mol. The van der Waals surface area contributed by atoms with Crippen molar-refractivity contribution in [3.8, 4) is 0 Å². The van der Waals surface area contributed by atoms with E-state index >= 15 is 0 Å². The van der Waals surface area contributed by atoms with Gasteiger partial charge in [-0.2, -0.15) is 0 Å². The van der Waals surface area contributed by atoms with Gasteiger partial charge in [-0.1, -0.05) is 31.6 Å². The highest BCUT2D eigenvalue weighted by Gasteiger charge is 2.22. The zero-order chi connectivity index (χ0) is 14.3. The average molecular weight is 266 g/mol. The minimum Gasteiger partial charge on any atom is -0.481 e. The largest absolute Gasteiger partial charge is 0.481 e. The van der Waals surface area contributed by atoms with Crippen LogP contribution in [0.1, 0.15) is 19.8 Å². The molecule has 0 radical (unpaired) electrons. The van der Waals surface area contributed by atoms with Crippen molar-refractivity contribution in [2.45, 2.75) is 19.8 Å². The molecule has 104 valence electrons. The zero-order valence-corrected chi connectivity index (χ0v) is 10.8. The van der Waals surface area contributed by atoms with Gasteiger partial charge < -0.3 is 14.9 Å². The highest BCUT2D eigenvalue weighted by atomic mass is 16.6. The molecule has 0 aromatic heterocycles. The average Bonchev–Trinajstić information content (AvgIpc) is 3.23. The van der Waals surface area contributed by atoms with Crippen LogP contribution in [0.2, 0.25) is 0 Å². The van der Waals surface area contributed by atoms with Gasteiger partial charge in [0.15, 0.2) is 0 Å². The zero-order valence-electron chi connectivity index (χ0n) is 10.8. The number of hydrogen-bond acceptors (Lipinski definition) is 3. The van der Waals surface area contributed by atoms with E-state index in [1.165, 1.54) is 18.2 Å². The molecule has 1 fully saturated rings. The summed E-state index contributed by atoms with van der Waals surface area (Å²) in [5.41, 5.74) is 0.675. The Balaban J connectivity index is 0.000000524. The molecule has 1 aliphatic carbocycles. The summed E-state index contributed by atoms with van der Waals surface area (Å²) in [4.78, 5) is 21.7. The lowest BCUT2D eigenvalue weighted by Crippen LogP contribution is -2.17. The Morgan fingerprint density at radius 1 is 1.42 bits per heavy atom. The number of rotatable bonds is 4. The fraction of sp³-hybridized carbons (Fsp3) is 0.429. The molecule has 1 atom stereocenters. The number of carbonyl (C=O) groups is 2. The molecule has 0 saturated carbocycles. The Kier molecular flexibility index (Phi) is 6.02. The van der Waals surface area contributed by atoms with Crippen molar-refractivity contribution in [2.24, 2.45) is 5.92 Å². The normalized spacial score (nSPS) is 22.3. The molecule has 2 rings (SSSR count). The lowest BCUT2D eigenvalue weighted by atomic mass is 9.90. The summed E-state index contributed by atoms with van der Waals surface area (Å²) in [6.07, 6.45) is 7.60. The molecular formula is C14H18O5. The van der Waals surface area contributed by atoms with Crippen LogP contribution in [-0.4, -0.2) is 35.4 Å². The smallest absolute Gasteiger partial charge is 0.335 e. The first-order chi connectivity index (χ1) is 9.06. The molecule has 5 nitrogen and oxygen atoms in total. The van der Waals surface area contributed by atoms with Gasteiger partial charge in [0.05, 0.1) is 24.7 Å². The van der Waals surface area contributed by atoms with Crippen LogP contribution in [0.15, 0.2) is 35.5 Å². The summed E-state index contributed by atoms with van der Waals surface area (Å²) in [5, 5.41) is 17.8. The molecule has 1 aliphatic heterocycles. The van der Waals surface area contributed by atoms with Crippen LogP contribution in [0.5, 0.6) is 0 Å². The molecule has 1 saturated heterocycles.